The van der Waals surface area contributed by atoms with Gasteiger partial charge in [0.2, 0.25) is 5.95 Å². The second-order valence-corrected chi connectivity index (χ2v) is 7.92. The van der Waals surface area contributed by atoms with Crippen molar-refractivity contribution in [3.63, 3.8) is 0 Å². The van der Waals surface area contributed by atoms with E-state index in [-0.39, 0.29) is 0 Å². The molecule has 0 amide bonds. The van der Waals surface area contributed by atoms with Crippen LogP contribution < -0.4 is 15.4 Å². The van der Waals surface area contributed by atoms with E-state index in [1.807, 2.05) is 108 Å². The first-order chi connectivity index (χ1) is 17.8. The van der Waals surface area contributed by atoms with Crippen molar-refractivity contribution in [1.29, 1.82) is 0 Å². The van der Waals surface area contributed by atoms with E-state index >= 15 is 0 Å². The molecule has 6 aromatic rings. The number of hydrogen-bond acceptors (Lipinski definition) is 7. The first-order valence-electron chi connectivity index (χ1n) is 11.4. The van der Waals surface area contributed by atoms with E-state index in [1.54, 1.807) is 12.5 Å². The van der Waals surface area contributed by atoms with Crippen LogP contribution in [-0.2, 0) is 0 Å². The summed E-state index contributed by atoms with van der Waals surface area (Å²) in [5.41, 5.74) is 3.11. The van der Waals surface area contributed by atoms with Crippen LogP contribution in [0.2, 0.25) is 0 Å². The van der Waals surface area contributed by atoms with E-state index in [2.05, 4.69) is 20.6 Å². The van der Waals surface area contributed by atoms with Gasteiger partial charge in [-0.2, -0.15) is 9.97 Å². The molecule has 3 aromatic carbocycles. The molecule has 174 valence electrons. The maximum Gasteiger partial charge on any atom is 0.232 e. The zero-order valence-corrected chi connectivity index (χ0v) is 19.1. The number of fused-ring (bicyclic) bond motifs is 1. The number of rotatable bonds is 7. The Labute approximate surface area is 207 Å². The van der Waals surface area contributed by atoms with Crippen molar-refractivity contribution < 1.29 is 4.74 Å². The Morgan fingerprint density at radius 3 is 2.11 bits per heavy atom. The number of hydrogen-bond donors (Lipinski definition) is 2. The van der Waals surface area contributed by atoms with E-state index in [0.29, 0.717) is 28.7 Å². The molecule has 0 radical (unpaired) electrons. The number of aromatic nitrogens is 5. The van der Waals surface area contributed by atoms with Gasteiger partial charge in [-0.3, -0.25) is 4.57 Å². The number of para-hydroxylation sites is 2. The summed E-state index contributed by atoms with van der Waals surface area (Å²) in [5, 5.41) is 6.58. The molecule has 0 aliphatic heterocycles. The Kier molecular flexibility index (Phi) is 5.65. The third-order valence-electron chi connectivity index (χ3n) is 5.43. The Hall–Kier alpha value is -5.24. The van der Waals surface area contributed by atoms with E-state index in [9.17, 15) is 0 Å². The minimum atomic E-state index is 0.408. The molecule has 0 saturated carbocycles. The van der Waals surface area contributed by atoms with E-state index in [0.717, 1.165) is 22.9 Å². The molecular formula is C28H21N7O. The highest BCUT2D eigenvalue weighted by atomic mass is 16.5. The molecule has 0 unspecified atom stereocenters. The molecular weight excluding hydrogens is 450 g/mol. The quantitative estimate of drug-likeness (QED) is 0.275. The monoisotopic (exact) mass is 471 g/mol. The third-order valence-corrected chi connectivity index (χ3v) is 5.43. The van der Waals surface area contributed by atoms with Crippen molar-refractivity contribution in [3.05, 3.63) is 116 Å². The maximum absolute atomic E-state index is 5.91. The summed E-state index contributed by atoms with van der Waals surface area (Å²) in [6.07, 6.45) is 3.47. The smallest absolute Gasteiger partial charge is 0.232 e. The highest BCUT2D eigenvalue weighted by molar-refractivity contribution is 5.88. The van der Waals surface area contributed by atoms with Crippen LogP contribution in [0.4, 0.5) is 23.3 Å². The summed E-state index contributed by atoms with van der Waals surface area (Å²) < 4.78 is 7.84. The van der Waals surface area contributed by atoms with Crippen LogP contribution in [0, 0.1) is 0 Å². The number of imidazole rings is 1. The zero-order valence-electron chi connectivity index (χ0n) is 19.1. The first kappa shape index (κ1) is 21.3. The van der Waals surface area contributed by atoms with Crippen LogP contribution in [-0.4, -0.2) is 24.5 Å². The normalized spacial score (nSPS) is 10.8. The van der Waals surface area contributed by atoms with Crippen molar-refractivity contribution in [3.8, 4) is 17.2 Å². The van der Waals surface area contributed by atoms with Crippen molar-refractivity contribution in [2.24, 2.45) is 0 Å². The molecule has 0 aliphatic rings. The van der Waals surface area contributed by atoms with E-state index in [1.165, 1.54) is 0 Å². The predicted molar refractivity (Wildman–Crippen MR) is 140 cm³/mol. The lowest BCUT2D eigenvalue weighted by atomic mass is 10.3. The molecule has 2 N–H and O–H groups in total. The molecule has 0 fully saturated rings. The van der Waals surface area contributed by atoms with Gasteiger partial charge in [0.15, 0.2) is 17.0 Å². The minimum Gasteiger partial charge on any atom is -0.457 e. The summed E-state index contributed by atoms with van der Waals surface area (Å²) in [6.45, 7) is 0. The van der Waals surface area contributed by atoms with Gasteiger partial charge in [0.1, 0.15) is 23.6 Å². The van der Waals surface area contributed by atoms with Crippen LogP contribution in [0.25, 0.3) is 16.9 Å². The summed E-state index contributed by atoms with van der Waals surface area (Å²) in [6, 6.07) is 32.9. The molecule has 0 aliphatic carbocycles. The van der Waals surface area contributed by atoms with Gasteiger partial charge < -0.3 is 15.4 Å². The van der Waals surface area contributed by atoms with Crippen molar-refractivity contribution in [2.75, 3.05) is 10.6 Å². The molecule has 0 atom stereocenters. The topological polar surface area (TPSA) is 89.8 Å². The van der Waals surface area contributed by atoms with Gasteiger partial charge in [0.05, 0.1) is 0 Å². The number of nitrogens with one attached hydrogen (secondary N) is 2. The van der Waals surface area contributed by atoms with Gasteiger partial charge in [0, 0.05) is 17.6 Å². The second-order valence-electron chi connectivity index (χ2n) is 7.92. The first-order valence-corrected chi connectivity index (χ1v) is 11.4. The highest BCUT2D eigenvalue weighted by Gasteiger charge is 2.15. The summed E-state index contributed by atoms with van der Waals surface area (Å²) >= 11 is 0. The Morgan fingerprint density at radius 2 is 1.36 bits per heavy atom. The molecule has 0 saturated heterocycles. The average Bonchev–Trinajstić information content (AvgIpc) is 3.36. The number of benzene rings is 3. The highest BCUT2D eigenvalue weighted by Crippen LogP contribution is 2.29. The summed E-state index contributed by atoms with van der Waals surface area (Å²) in [7, 11) is 0. The van der Waals surface area contributed by atoms with Gasteiger partial charge in [-0.05, 0) is 60.7 Å². The number of ether oxygens (including phenoxy) is 1. The second kappa shape index (κ2) is 9.55. The molecule has 3 heterocycles. The summed E-state index contributed by atoms with van der Waals surface area (Å²) in [5.74, 6) is 3.16. The Morgan fingerprint density at radius 1 is 0.639 bits per heavy atom. The SMILES string of the molecule is c1ccc(Oc2ccc(Nc3nc(Nc4ccccn4)nc4c3ncn4-c3ccccc3)cc2)cc1. The van der Waals surface area contributed by atoms with Crippen LogP contribution in [0.3, 0.4) is 0 Å². The lowest BCUT2D eigenvalue weighted by Crippen LogP contribution is -2.04. The zero-order chi connectivity index (χ0) is 24.2. The Bertz CT molecular complexity index is 1590. The fourth-order valence-electron chi connectivity index (χ4n) is 3.74. The minimum absolute atomic E-state index is 0.408. The van der Waals surface area contributed by atoms with Gasteiger partial charge in [0.25, 0.3) is 0 Å². The Balaban J connectivity index is 1.35. The molecule has 3 aromatic heterocycles. The molecule has 36 heavy (non-hydrogen) atoms. The van der Waals surface area contributed by atoms with Gasteiger partial charge in [-0.15, -0.1) is 0 Å². The van der Waals surface area contributed by atoms with E-state index < -0.39 is 0 Å². The lowest BCUT2D eigenvalue weighted by molar-refractivity contribution is 0.483. The van der Waals surface area contributed by atoms with Crippen molar-refractivity contribution >= 4 is 34.4 Å². The number of pyridine rings is 1. The van der Waals surface area contributed by atoms with Gasteiger partial charge >= 0.3 is 0 Å². The number of anilines is 4. The van der Waals surface area contributed by atoms with Crippen molar-refractivity contribution in [1.82, 2.24) is 24.5 Å². The van der Waals surface area contributed by atoms with Crippen molar-refractivity contribution in [2.45, 2.75) is 0 Å². The van der Waals surface area contributed by atoms with Gasteiger partial charge in [-0.1, -0.05) is 42.5 Å². The molecule has 0 bridgehead atoms. The fraction of sp³-hybridized carbons (Fsp3) is 0. The fourth-order valence-corrected chi connectivity index (χ4v) is 3.74. The van der Waals surface area contributed by atoms with Crippen LogP contribution >= 0.6 is 0 Å². The van der Waals surface area contributed by atoms with E-state index in [4.69, 9.17) is 14.7 Å². The standard InChI is InChI=1S/C28H21N7O/c1-3-9-21(10-4-1)35-19-30-25-26(33-28(34-27(25)35)32-24-13-7-8-18-29-24)31-20-14-16-23(17-15-20)36-22-11-5-2-6-12-22/h1-19H,(H2,29,31,32,33,34). The maximum atomic E-state index is 5.91. The molecule has 8 heteroatoms. The summed E-state index contributed by atoms with van der Waals surface area (Å²) in [4.78, 5) is 18.4. The molecule has 0 spiro atoms. The predicted octanol–water partition coefficient (Wildman–Crippen LogP) is 6.49. The third kappa shape index (κ3) is 4.55. The number of nitrogens with zero attached hydrogens (tertiary/aromatic N) is 5. The van der Waals surface area contributed by atoms with Crippen LogP contribution in [0.5, 0.6) is 11.5 Å². The lowest BCUT2D eigenvalue weighted by Gasteiger charge is -2.11. The molecule has 6 rings (SSSR count). The van der Waals surface area contributed by atoms with Gasteiger partial charge in [-0.25, -0.2) is 9.97 Å². The molecule has 8 nitrogen and oxygen atoms in total. The van der Waals surface area contributed by atoms with Crippen LogP contribution in [0.15, 0.2) is 116 Å². The largest absolute Gasteiger partial charge is 0.457 e. The van der Waals surface area contributed by atoms with Crippen LogP contribution in [0.1, 0.15) is 0 Å². The average molecular weight is 472 g/mol.